The molecular weight excluding hydrogens is 246 g/mol. The van der Waals surface area contributed by atoms with Crippen molar-refractivity contribution in [2.24, 2.45) is 11.8 Å². The molecule has 2 atom stereocenters. The van der Waals surface area contributed by atoms with Crippen LogP contribution >= 0.6 is 0 Å². The first-order valence-corrected chi connectivity index (χ1v) is 8.73. The Hall–Kier alpha value is -0.0800. The minimum Gasteiger partial charge on any atom is -0.369 e. The standard InChI is InChI=1S/C18H35NO/c1-17(2)13-15(18(3,4)20-17)16(19-5)14-11-9-7-6-8-10-12-14/h14-16,19H,6-13H2,1-5H3. The second-order valence-corrected chi connectivity index (χ2v) is 8.20. The Bertz CT molecular complexity index is 303. The number of ether oxygens (including phenoxy) is 1. The van der Waals surface area contributed by atoms with Crippen molar-refractivity contribution in [1.29, 1.82) is 0 Å². The van der Waals surface area contributed by atoms with Crippen LogP contribution in [-0.4, -0.2) is 24.3 Å². The lowest BCUT2D eigenvalue weighted by Crippen LogP contribution is -2.47. The summed E-state index contributed by atoms with van der Waals surface area (Å²) in [5.74, 6) is 1.47. The van der Waals surface area contributed by atoms with Crippen molar-refractivity contribution >= 4 is 0 Å². The van der Waals surface area contributed by atoms with Crippen LogP contribution in [0.4, 0.5) is 0 Å². The van der Waals surface area contributed by atoms with E-state index in [9.17, 15) is 0 Å². The summed E-state index contributed by atoms with van der Waals surface area (Å²) in [6.45, 7) is 9.08. The van der Waals surface area contributed by atoms with E-state index in [-0.39, 0.29) is 11.2 Å². The predicted molar refractivity (Wildman–Crippen MR) is 86.0 cm³/mol. The molecular formula is C18H35NO. The molecule has 1 saturated carbocycles. The maximum Gasteiger partial charge on any atom is 0.0677 e. The molecule has 0 aromatic rings. The Morgan fingerprint density at radius 2 is 1.50 bits per heavy atom. The van der Waals surface area contributed by atoms with Crippen molar-refractivity contribution in [3.8, 4) is 0 Å². The highest BCUT2D eigenvalue weighted by Crippen LogP contribution is 2.46. The molecule has 2 fully saturated rings. The van der Waals surface area contributed by atoms with E-state index < -0.39 is 0 Å². The molecule has 0 spiro atoms. The van der Waals surface area contributed by atoms with Gasteiger partial charge in [0, 0.05) is 12.0 Å². The van der Waals surface area contributed by atoms with Crippen molar-refractivity contribution in [2.75, 3.05) is 7.05 Å². The van der Waals surface area contributed by atoms with Crippen molar-refractivity contribution in [3.63, 3.8) is 0 Å². The number of nitrogens with one attached hydrogen (secondary N) is 1. The van der Waals surface area contributed by atoms with Gasteiger partial charge in [0.2, 0.25) is 0 Å². The molecule has 0 bridgehead atoms. The van der Waals surface area contributed by atoms with Gasteiger partial charge < -0.3 is 10.1 Å². The van der Waals surface area contributed by atoms with Crippen molar-refractivity contribution < 1.29 is 4.74 Å². The van der Waals surface area contributed by atoms with Crippen LogP contribution in [0, 0.1) is 11.8 Å². The lowest BCUT2D eigenvalue weighted by molar-refractivity contribution is -0.0797. The van der Waals surface area contributed by atoms with Gasteiger partial charge in [-0.2, -0.15) is 0 Å². The van der Waals surface area contributed by atoms with Crippen LogP contribution in [0.3, 0.4) is 0 Å². The average molecular weight is 281 g/mol. The summed E-state index contributed by atoms with van der Waals surface area (Å²) in [5.41, 5.74) is 0.0322. The maximum absolute atomic E-state index is 6.34. The van der Waals surface area contributed by atoms with Gasteiger partial charge in [-0.3, -0.25) is 0 Å². The number of rotatable bonds is 3. The molecule has 0 radical (unpaired) electrons. The highest BCUT2D eigenvalue weighted by Gasteiger charge is 2.50. The maximum atomic E-state index is 6.34. The Morgan fingerprint density at radius 1 is 0.950 bits per heavy atom. The first-order valence-electron chi connectivity index (χ1n) is 8.73. The summed E-state index contributed by atoms with van der Waals surface area (Å²) < 4.78 is 6.34. The molecule has 1 saturated heterocycles. The monoisotopic (exact) mass is 281 g/mol. The summed E-state index contributed by atoms with van der Waals surface area (Å²) >= 11 is 0. The van der Waals surface area contributed by atoms with Gasteiger partial charge >= 0.3 is 0 Å². The van der Waals surface area contributed by atoms with Crippen LogP contribution in [-0.2, 0) is 4.74 Å². The smallest absolute Gasteiger partial charge is 0.0677 e. The third-order valence-corrected chi connectivity index (χ3v) is 5.57. The van der Waals surface area contributed by atoms with Crippen LogP contribution in [0.25, 0.3) is 0 Å². The van der Waals surface area contributed by atoms with Crippen LogP contribution in [0.15, 0.2) is 0 Å². The Labute approximate surface area is 126 Å². The molecule has 20 heavy (non-hydrogen) atoms. The van der Waals surface area contributed by atoms with Gasteiger partial charge in [0.15, 0.2) is 0 Å². The largest absolute Gasteiger partial charge is 0.369 e. The predicted octanol–water partition coefficient (Wildman–Crippen LogP) is 4.53. The SMILES string of the molecule is CNC(C1CCCCCCC1)C1CC(C)(C)OC1(C)C. The lowest BCUT2D eigenvalue weighted by atomic mass is 9.73. The fourth-order valence-corrected chi connectivity index (χ4v) is 4.78. The number of hydrogen-bond donors (Lipinski definition) is 1. The zero-order valence-electron chi connectivity index (χ0n) is 14.3. The molecule has 2 unspecified atom stereocenters. The molecule has 0 amide bonds. The Kier molecular flexibility index (Phi) is 5.18. The van der Waals surface area contributed by atoms with Crippen molar-refractivity contribution in [2.45, 2.75) is 96.3 Å². The van der Waals surface area contributed by atoms with E-state index in [1.54, 1.807) is 0 Å². The van der Waals surface area contributed by atoms with Gasteiger partial charge in [0.25, 0.3) is 0 Å². The zero-order valence-corrected chi connectivity index (χ0v) is 14.3. The normalized spacial score (nSPS) is 32.5. The van der Waals surface area contributed by atoms with Crippen LogP contribution in [0.2, 0.25) is 0 Å². The molecule has 0 aromatic carbocycles. The van der Waals surface area contributed by atoms with Gasteiger partial charge in [-0.25, -0.2) is 0 Å². The Balaban J connectivity index is 2.10. The molecule has 2 nitrogen and oxygen atoms in total. The van der Waals surface area contributed by atoms with E-state index in [1.165, 1.54) is 51.4 Å². The second kappa shape index (κ2) is 6.36. The fourth-order valence-electron chi connectivity index (χ4n) is 4.78. The molecule has 1 N–H and O–H groups in total. The molecule has 0 aromatic heterocycles. The summed E-state index contributed by atoms with van der Waals surface area (Å²) in [6.07, 6.45) is 11.1. The van der Waals surface area contributed by atoms with E-state index in [4.69, 9.17) is 4.74 Å². The van der Waals surface area contributed by atoms with Crippen molar-refractivity contribution in [3.05, 3.63) is 0 Å². The summed E-state index contributed by atoms with van der Waals surface area (Å²) in [7, 11) is 2.16. The van der Waals surface area contributed by atoms with Gasteiger partial charge in [-0.05, 0) is 59.9 Å². The van der Waals surface area contributed by atoms with E-state index in [1.807, 2.05) is 0 Å². The topological polar surface area (TPSA) is 21.3 Å². The van der Waals surface area contributed by atoms with E-state index in [2.05, 4.69) is 40.1 Å². The summed E-state index contributed by atoms with van der Waals surface area (Å²) in [5, 5.41) is 3.68. The minimum atomic E-state index is -0.000453. The van der Waals surface area contributed by atoms with Crippen LogP contribution < -0.4 is 5.32 Å². The van der Waals surface area contributed by atoms with E-state index >= 15 is 0 Å². The Morgan fingerprint density at radius 3 is 1.95 bits per heavy atom. The van der Waals surface area contributed by atoms with Crippen molar-refractivity contribution in [1.82, 2.24) is 5.32 Å². The van der Waals surface area contributed by atoms with Gasteiger partial charge in [0.05, 0.1) is 11.2 Å². The van der Waals surface area contributed by atoms with Gasteiger partial charge in [-0.1, -0.05) is 32.1 Å². The van der Waals surface area contributed by atoms with E-state index in [0.29, 0.717) is 12.0 Å². The van der Waals surface area contributed by atoms with Crippen LogP contribution in [0.5, 0.6) is 0 Å². The first-order chi connectivity index (χ1) is 9.36. The second-order valence-electron chi connectivity index (χ2n) is 8.20. The minimum absolute atomic E-state index is 0.000453. The zero-order chi connectivity index (χ0) is 14.8. The third-order valence-electron chi connectivity index (χ3n) is 5.57. The molecule has 1 aliphatic carbocycles. The van der Waals surface area contributed by atoms with Crippen LogP contribution in [0.1, 0.15) is 79.1 Å². The average Bonchev–Trinajstić information content (AvgIpc) is 2.50. The van der Waals surface area contributed by atoms with Gasteiger partial charge in [0.1, 0.15) is 0 Å². The molecule has 2 rings (SSSR count). The highest BCUT2D eigenvalue weighted by atomic mass is 16.5. The lowest BCUT2D eigenvalue weighted by Gasteiger charge is -2.38. The van der Waals surface area contributed by atoms with E-state index in [0.717, 1.165) is 5.92 Å². The third kappa shape index (κ3) is 3.76. The summed E-state index contributed by atoms with van der Waals surface area (Å²) in [4.78, 5) is 0. The van der Waals surface area contributed by atoms with Gasteiger partial charge in [-0.15, -0.1) is 0 Å². The quantitative estimate of drug-likeness (QED) is 0.820. The summed E-state index contributed by atoms with van der Waals surface area (Å²) in [6, 6.07) is 0.616. The molecule has 1 aliphatic heterocycles. The highest BCUT2D eigenvalue weighted by molar-refractivity contribution is 5.01. The molecule has 2 heteroatoms. The number of hydrogen-bond acceptors (Lipinski definition) is 2. The molecule has 1 heterocycles. The first kappa shape index (κ1) is 16.3. The molecule has 118 valence electrons. The molecule has 2 aliphatic rings. The fraction of sp³-hybridized carbons (Fsp3) is 1.00.